The highest BCUT2D eigenvalue weighted by Gasteiger charge is 2.03. The van der Waals surface area contributed by atoms with Crippen molar-refractivity contribution < 1.29 is 4.74 Å². The van der Waals surface area contributed by atoms with E-state index in [1.165, 1.54) is 6.20 Å². The third-order valence-corrected chi connectivity index (χ3v) is 2.02. The molecule has 1 aromatic carbocycles. The summed E-state index contributed by atoms with van der Waals surface area (Å²) in [5, 5.41) is 7.85. The summed E-state index contributed by atoms with van der Waals surface area (Å²) in [5.74, 6) is 0.899. The van der Waals surface area contributed by atoms with E-state index >= 15 is 0 Å². The predicted molar refractivity (Wildman–Crippen MR) is 58.0 cm³/mol. The molecule has 0 bridgehead atoms. The van der Waals surface area contributed by atoms with Gasteiger partial charge in [-0.05, 0) is 30.3 Å². The van der Waals surface area contributed by atoms with Crippen molar-refractivity contribution in [2.75, 3.05) is 5.73 Å². The Kier molecular flexibility index (Phi) is 2.69. The first-order valence-electron chi connectivity index (χ1n) is 4.26. The maximum absolute atomic E-state index is 5.85. The van der Waals surface area contributed by atoms with E-state index in [0.717, 1.165) is 0 Å². The van der Waals surface area contributed by atoms with Gasteiger partial charge in [-0.15, -0.1) is 5.10 Å². The molecule has 0 spiro atoms. The number of hydrogen-bond donors (Lipinski definition) is 1. The first-order valence-corrected chi connectivity index (χ1v) is 4.64. The van der Waals surface area contributed by atoms with Crippen LogP contribution in [0.25, 0.3) is 0 Å². The molecule has 0 atom stereocenters. The normalized spacial score (nSPS) is 9.93. The quantitative estimate of drug-likeness (QED) is 0.792. The average Bonchev–Trinajstić information content (AvgIpc) is 2.25. The average molecular weight is 222 g/mol. The molecule has 1 heterocycles. The molecule has 2 N–H and O–H groups in total. The Morgan fingerprint density at radius 3 is 2.53 bits per heavy atom. The molecule has 2 rings (SSSR count). The van der Waals surface area contributed by atoms with Crippen LogP contribution in [0.3, 0.4) is 0 Å². The van der Waals surface area contributed by atoms with Crippen molar-refractivity contribution in [2.45, 2.75) is 0 Å². The second-order valence-electron chi connectivity index (χ2n) is 2.86. The molecule has 1 aromatic heterocycles. The van der Waals surface area contributed by atoms with Crippen molar-refractivity contribution in [1.82, 2.24) is 10.2 Å². The molecular weight excluding hydrogens is 214 g/mol. The second-order valence-corrected chi connectivity index (χ2v) is 3.26. The topological polar surface area (TPSA) is 61.0 Å². The van der Waals surface area contributed by atoms with Gasteiger partial charge >= 0.3 is 0 Å². The van der Waals surface area contributed by atoms with Crippen LogP contribution in [0.15, 0.2) is 36.5 Å². The van der Waals surface area contributed by atoms with E-state index in [1.54, 1.807) is 30.3 Å². The Hall–Kier alpha value is -1.81. The lowest BCUT2D eigenvalue weighted by molar-refractivity contribution is 0.455. The van der Waals surface area contributed by atoms with E-state index in [-0.39, 0.29) is 5.88 Å². The third-order valence-electron chi connectivity index (χ3n) is 1.74. The van der Waals surface area contributed by atoms with Crippen molar-refractivity contribution in [3.63, 3.8) is 0 Å². The van der Waals surface area contributed by atoms with Crippen molar-refractivity contribution in [1.29, 1.82) is 0 Å². The van der Waals surface area contributed by atoms with Crippen LogP contribution in [0.4, 0.5) is 5.69 Å². The van der Waals surface area contributed by atoms with E-state index in [0.29, 0.717) is 16.5 Å². The molecule has 76 valence electrons. The number of nitrogen functional groups attached to an aromatic ring is 1. The number of ether oxygens (including phenoxy) is 1. The van der Waals surface area contributed by atoms with E-state index in [2.05, 4.69) is 10.2 Å². The number of anilines is 1. The molecule has 0 fully saturated rings. The molecule has 0 saturated carbocycles. The lowest BCUT2D eigenvalue weighted by atomic mass is 10.3. The van der Waals surface area contributed by atoms with Gasteiger partial charge in [0, 0.05) is 5.69 Å². The maximum atomic E-state index is 5.85. The van der Waals surface area contributed by atoms with Gasteiger partial charge in [0.05, 0.1) is 6.20 Å². The van der Waals surface area contributed by atoms with Crippen LogP contribution in [0.5, 0.6) is 11.6 Å². The summed E-state index contributed by atoms with van der Waals surface area (Å²) in [7, 11) is 0. The minimum absolute atomic E-state index is 0.281. The fourth-order valence-corrected chi connectivity index (χ4v) is 1.15. The first kappa shape index (κ1) is 9.73. The monoisotopic (exact) mass is 221 g/mol. The number of benzene rings is 1. The zero-order chi connectivity index (χ0) is 10.7. The van der Waals surface area contributed by atoms with Crippen molar-refractivity contribution in [3.05, 3.63) is 41.6 Å². The van der Waals surface area contributed by atoms with Crippen LogP contribution in [0, 0.1) is 0 Å². The van der Waals surface area contributed by atoms with Gasteiger partial charge in [0.15, 0.2) is 0 Å². The van der Waals surface area contributed by atoms with Crippen LogP contribution in [-0.2, 0) is 0 Å². The minimum atomic E-state index is 0.281. The Morgan fingerprint density at radius 1 is 1.13 bits per heavy atom. The highest BCUT2D eigenvalue weighted by Crippen LogP contribution is 2.25. The lowest BCUT2D eigenvalue weighted by Crippen LogP contribution is -1.91. The molecule has 0 unspecified atom stereocenters. The number of nitrogens with two attached hydrogens (primary N) is 1. The van der Waals surface area contributed by atoms with E-state index < -0.39 is 0 Å². The number of nitrogens with zero attached hydrogens (tertiary/aromatic N) is 2. The summed E-state index contributed by atoms with van der Waals surface area (Å²) in [5.41, 5.74) is 6.21. The lowest BCUT2D eigenvalue weighted by Gasteiger charge is -2.04. The van der Waals surface area contributed by atoms with Crippen molar-refractivity contribution in [3.8, 4) is 11.6 Å². The highest BCUT2D eigenvalue weighted by molar-refractivity contribution is 6.31. The molecule has 0 saturated heterocycles. The largest absolute Gasteiger partial charge is 0.436 e. The summed E-state index contributed by atoms with van der Waals surface area (Å²) < 4.78 is 5.40. The van der Waals surface area contributed by atoms with Crippen LogP contribution in [0.1, 0.15) is 0 Å². The zero-order valence-electron chi connectivity index (χ0n) is 7.72. The summed E-state index contributed by atoms with van der Waals surface area (Å²) >= 11 is 5.85. The molecule has 0 radical (unpaired) electrons. The Balaban J connectivity index is 2.22. The van der Waals surface area contributed by atoms with Gasteiger partial charge in [-0.2, -0.15) is 5.10 Å². The fraction of sp³-hybridized carbons (Fsp3) is 0. The van der Waals surface area contributed by atoms with Gasteiger partial charge in [-0.3, -0.25) is 0 Å². The zero-order valence-corrected chi connectivity index (χ0v) is 8.48. The Morgan fingerprint density at radius 2 is 1.87 bits per heavy atom. The summed E-state index contributed by atoms with van der Waals surface area (Å²) in [6, 6.07) is 8.56. The first-order chi connectivity index (χ1) is 7.25. The van der Waals surface area contributed by atoms with Crippen LogP contribution >= 0.6 is 11.6 Å². The van der Waals surface area contributed by atoms with Crippen molar-refractivity contribution in [2.24, 2.45) is 0 Å². The van der Waals surface area contributed by atoms with Gasteiger partial charge in [-0.25, -0.2) is 0 Å². The van der Waals surface area contributed by atoms with Gasteiger partial charge in [0.25, 0.3) is 5.88 Å². The Bertz CT molecular complexity index is 458. The summed E-state index contributed by atoms with van der Waals surface area (Å²) in [6.07, 6.45) is 1.50. The fourth-order valence-electron chi connectivity index (χ4n) is 1.02. The smallest absolute Gasteiger partial charge is 0.257 e. The number of rotatable bonds is 2. The second kappa shape index (κ2) is 4.14. The SMILES string of the molecule is Nc1ccc(Oc2nnccc2Cl)cc1. The highest BCUT2D eigenvalue weighted by atomic mass is 35.5. The van der Waals surface area contributed by atoms with Gasteiger partial charge in [0.1, 0.15) is 10.8 Å². The molecule has 0 aliphatic carbocycles. The Labute approximate surface area is 91.7 Å². The predicted octanol–water partition coefficient (Wildman–Crippen LogP) is 2.50. The number of halogens is 1. The van der Waals surface area contributed by atoms with Crippen LogP contribution in [0.2, 0.25) is 5.02 Å². The van der Waals surface area contributed by atoms with Crippen LogP contribution < -0.4 is 10.5 Å². The standard InChI is InChI=1S/C10H8ClN3O/c11-9-5-6-13-14-10(9)15-8-3-1-7(12)2-4-8/h1-6H,12H2. The van der Waals surface area contributed by atoms with E-state index in [4.69, 9.17) is 22.1 Å². The van der Waals surface area contributed by atoms with E-state index in [9.17, 15) is 0 Å². The summed E-state index contributed by atoms with van der Waals surface area (Å²) in [6.45, 7) is 0. The molecule has 0 aliphatic rings. The molecule has 4 nitrogen and oxygen atoms in total. The third kappa shape index (κ3) is 2.35. The van der Waals surface area contributed by atoms with Gasteiger partial charge in [0.2, 0.25) is 0 Å². The molecule has 15 heavy (non-hydrogen) atoms. The summed E-state index contributed by atoms with van der Waals surface area (Å²) in [4.78, 5) is 0. The maximum Gasteiger partial charge on any atom is 0.257 e. The molecule has 2 aromatic rings. The number of aromatic nitrogens is 2. The molecule has 0 amide bonds. The minimum Gasteiger partial charge on any atom is -0.436 e. The molecule has 5 heteroatoms. The van der Waals surface area contributed by atoms with Gasteiger partial charge in [-0.1, -0.05) is 11.6 Å². The van der Waals surface area contributed by atoms with E-state index in [1.807, 2.05) is 0 Å². The van der Waals surface area contributed by atoms with Crippen LogP contribution in [-0.4, -0.2) is 10.2 Å². The molecule has 0 aliphatic heterocycles. The molecular formula is C10H8ClN3O. The number of hydrogen-bond acceptors (Lipinski definition) is 4. The van der Waals surface area contributed by atoms with Gasteiger partial charge < -0.3 is 10.5 Å². The van der Waals surface area contributed by atoms with Crippen molar-refractivity contribution >= 4 is 17.3 Å².